The summed E-state index contributed by atoms with van der Waals surface area (Å²) in [6.45, 7) is 8.11. The van der Waals surface area contributed by atoms with Crippen molar-refractivity contribution in [3.05, 3.63) is 23.3 Å². The Kier molecular flexibility index (Phi) is 4.22. The average molecular weight is 290 g/mol. The molecule has 2 aromatic rings. The van der Waals surface area contributed by atoms with E-state index in [4.69, 9.17) is 5.73 Å². The summed E-state index contributed by atoms with van der Waals surface area (Å²) in [6, 6.07) is 0. The maximum Gasteiger partial charge on any atom is 0.252 e. The SMILES string of the molecule is Cc1nc2ncnn2c(C)c1CCC(=O)NCC(C)(C)N. The van der Waals surface area contributed by atoms with Gasteiger partial charge in [-0.2, -0.15) is 10.1 Å². The lowest BCUT2D eigenvalue weighted by molar-refractivity contribution is -0.121. The zero-order valence-corrected chi connectivity index (χ0v) is 13.0. The Hall–Kier alpha value is -2.02. The molecule has 3 N–H and O–H groups in total. The van der Waals surface area contributed by atoms with Gasteiger partial charge in [-0.05, 0) is 39.7 Å². The normalized spacial score (nSPS) is 11.9. The van der Waals surface area contributed by atoms with Crippen molar-refractivity contribution in [2.75, 3.05) is 6.54 Å². The molecule has 7 nitrogen and oxygen atoms in total. The molecular weight excluding hydrogens is 268 g/mol. The number of hydrogen-bond donors (Lipinski definition) is 2. The van der Waals surface area contributed by atoms with Crippen molar-refractivity contribution in [2.24, 2.45) is 5.73 Å². The Morgan fingerprint density at radius 1 is 1.43 bits per heavy atom. The van der Waals surface area contributed by atoms with Crippen molar-refractivity contribution in [3.63, 3.8) is 0 Å². The lowest BCUT2D eigenvalue weighted by Crippen LogP contribution is -2.45. The van der Waals surface area contributed by atoms with Crippen LogP contribution in [-0.2, 0) is 11.2 Å². The van der Waals surface area contributed by atoms with Gasteiger partial charge in [0.25, 0.3) is 5.78 Å². The number of rotatable bonds is 5. The Balaban J connectivity index is 2.05. The molecule has 1 amide bonds. The van der Waals surface area contributed by atoms with E-state index < -0.39 is 5.54 Å². The maximum absolute atomic E-state index is 11.9. The van der Waals surface area contributed by atoms with Gasteiger partial charge in [0.2, 0.25) is 5.91 Å². The van der Waals surface area contributed by atoms with Crippen LogP contribution in [0, 0.1) is 13.8 Å². The van der Waals surface area contributed by atoms with Gasteiger partial charge in [0.1, 0.15) is 6.33 Å². The van der Waals surface area contributed by atoms with Crippen LogP contribution >= 0.6 is 0 Å². The molecule has 0 aliphatic heterocycles. The van der Waals surface area contributed by atoms with E-state index in [1.165, 1.54) is 6.33 Å². The molecule has 21 heavy (non-hydrogen) atoms. The summed E-state index contributed by atoms with van der Waals surface area (Å²) in [5, 5.41) is 6.99. The summed E-state index contributed by atoms with van der Waals surface area (Å²) in [5.74, 6) is 0.578. The molecule has 0 spiro atoms. The highest BCUT2D eigenvalue weighted by molar-refractivity contribution is 5.76. The first kappa shape index (κ1) is 15.4. The number of nitrogens with one attached hydrogen (secondary N) is 1. The molecule has 0 unspecified atom stereocenters. The molecule has 0 saturated carbocycles. The summed E-state index contributed by atoms with van der Waals surface area (Å²) in [4.78, 5) is 20.4. The highest BCUT2D eigenvalue weighted by Crippen LogP contribution is 2.14. The van der Waals surface area contributed by atoms with Crippen LogP contribution < -0.4 is 11.1 Å². The Labute approximate surface area is 124 Å². The third-order valence-corrected chi connectivity index (χ3v) is 3.33. The molecule has 0 bridgehead atoms. The van der Waals surface area contributed by atoms with Crippen LogP contribution in [0.1, 0.15) is 37.2 Å². The third kappa shape index (κ3) is 3.75. The first-order valence-electron chi connectivity index (χ1n) is 6.99. The topological polar surface area (TPSA) is 98.2 Å². The van der Waals surface area contributed by atoms with E-state index in [1.807, 2.05) is 27.7 Å². The second-order valence-corrected chi connectivity index (χ2v) is 6.00. The number of carbonyl (C=O) groups excluding carboxylic acids is 1. The number of aromatic nitrogens is 4. The van der Waals surface area contributed by atoms with Gasteiger partial charge in [-0.15, -0.1) is 0 Å². The van der Waals surface area contributed by atoms with Gasteiger partial charge in [-0.25, -0.2) is 9.50 Å². The van der Waals surface area contributed by atoms with E-state index in [0.717, 1.165) is 17.0 Å². The molecule has 0 aromatic carbocycles. The zero-order chi connectivity index (χ0) is 15.6. The van der Waals surface area contributed by atoms with Gasteiger partial charge in [0.15, 0.2) is 0 Å². The molecule has 0 fully saturated rings. The number of nitrogens with zero attached hydrogens (tertiary/aromatic N) is 4. The molecule has 0 saturated heterocycles. The molecule has 0 aliphatic rings. The number of fused-ring (bicyclic) bond motifs is 1. The van der Waals surface area contributed by atoms with Crippen molar-refractivity contribution >= 4 is 11.7 Å². The van der Waals surface area contributed by atoms with Crippen molar-refractivity contribution in [1.82, 2.24) is 24.9 Å². The minimum absolute atomic E-state index is 0.00832. The smallest absolute Gasteiger partial charge is 0.252 e. The number of nitrogens with two attached hydrogens (primary N) is 1. The first-order valence-corrected chi connectivity index (χ1v) is 6.99. The molecule has 2 heterocycles. The molecule has 114 valence electrons. The number of carbonyl (C=O) groups is 1. The van der Waals surface area contributed by atoms with Crippen molar-refractivity contribution in [2.45, 2.75) is 46.1 Å². The van der Waals surface area contributed by atoms with Gasteiger partial charge in [-0.3, -0.25) is 4.79 Å². The van der Waals surface area contributed by atoms with Crippen LogP contribution in [0.5, 0.6) is 0 Å². The predicted octanol–water partition coefficient (Wildman–Crippen LogP) is 0.527. The van der Waals surface area contributed by atoms with Crippen LogP contribution in [0.3, 0.4) is 0 Å². The molecular formula is C14H22N6O. The molecule has 7 heteroatoms. The van der Waals surface area contributed by atoms with Crippen LogP contribution in [0.25, 0.3) is 5.78 Å². The van der Waals surface area contributed by atoms with Gasteiger partial charge in [-0.1, -0.05) is 0 Å². The summed E-state index contributed by atoms with van der Waals surface area (Å²) in [5.41, 5.74) is 8.35. The van der Waals surface area contributed by atoms with E-state index in [9.17, 15) is 4.79 Å². The fourth-order valence-electron chi connectivity index (χ4n) is 2.17. The molecule has 2 aromatic heterocycles. The largest absolute Gasteiger partial charge is 0.354 e. The summed E-state index contributed by atoms with van der Waals surface area (Å²) >= 11 is 0. The lowest BCUT2D eigenvalue weighted by atomic mass is 10.1. The minimum Gasteiger partial charge on any atom is -0.354 e. The van der Waals surface area contributed by atoms with Gasteiger partial charge in [0.05, 0.1) is 0 Å². The van der Waals surface area contributed by atoms with Gasteiger partial charge >= 0.3 is 0 Å². The van der Waals surface area contributed by atoms with Crippen LogP contribution in [0.15, 0.2) is 6.33 Å². The molecule has 2 rings (SSSR count). The minimum atomic E-state index is -0.400. The quantitative estimate of drug-likeness (QED) is 0.837. The van der Waals surface area contributed by atoms with Crippen LogP contribution in [0.2, 0.25) is 0 Å². The lowest BCUT2D eigenvalue weighted by Gasteiger charge is -2.19. The number of aryl methyl sites for hydroxylation is 2. The van der Waals surface area contributed by atoms with E-state index in [2.05, 4.69) is 20.4 Å². The molecule has 0 radical (unpaired) electrons. The molecule has 0 aliphatic carbocycles. The second kappa shape index (κ2) is 5.77. The fraction of sp³-hybridized carbons (Fsp3) is 0.571. The first-order chi connectivity index (χ1) is 9.78. The summed E-state index contributed by atoms with van der Waals surface area (Å²) in [7, 11) is 0. The highest BCUT2D eigenvalue weighted by atomic mass is 16.1. The average Bonchev–Trinajstić information content (AvgIpc) is 2.83. The number of hydrogen-bond acceptors (Lipinski definition) is 5. The standard InChI is InChI=1S/C14H22N6O/c1-9-11(5-6-12(21)16-7-14(3,4)15)10(2)20-13(19-9)17-8-18-20/h8H,5-7,15H2,1-4H3,(H,16,21). The predicted molar refractivity (Wildman–Crippen MR) is 79.9 cm³/mol. The van der Waals surface area contributed by atoms with Crippen LogP contribution in [-0.4, -0.2) is 37.6 Å². The summed E-state index contributed by atoms with van der Waals surface area (Å²) < 4.78 is 1.70. The number of amides is 1. The Morgan fingerprint density at radius 3 is 2.81 bits per heavy atom. The van der Waals surface area contributed by atoms with E-state index in [1.54, 1.807) is 4.52 Å². The van der Waals surface area contributed by atoms with Gasteiger partial charge in [0, 0.05) is 29.9 Å². The monoisotopic (exact) mass is 290 g/mol. The maximum atomic E-state index is 11.9. The van der Waals surface area contributed by atoms with Gasteiger partial charge < -0.3 is 11.1 Å². The van der Waals surface area contributed by atoms with E-state index in [-0.39, 0.29) is 5.91 Å². The molecule has 0 atom stereocenters. The van der Waals surface area contributed by atoms with Crippen molar-refractivity contribution in [1.29, 1.82) is 0 Å². The Bertz CT molecular complexity index is 655. The van der Waals surface area contributed by atoms with Crippen molar-refractivity contribution < 1.29 is 4.79 Å². The Morgan fingerprint density at radius 2 is 2.14 bits per heavy atom. The van der Waals surface area contributed by atoms with Crippen LogP contribution in [0.4, 0.5) is 0 Å². The second-order valence-electron chi connectivity index (χ2n) is 6.00. The third-order valence-electron chi connectivity index (χ3n) is 3.33. The van der Waals surface area contributed by atoms with E-state index in [0.29, 0.717) is 25.2 Å². The van der Waals surface area contributed by atoms with Crippen molar-refractivity contribution in [3.8, 4) is 0 Å². The zero-order valence-electron chi connectivity index (χ0n) is 13.0. The highest BCUT2D eigenvalue weighted by Gasteiger charge is 2.14. The fourth-order valence-corrected chi connectivity index (χ4v) is 2.17. The van der Waals surface area contributed by atoms with E-state index >= 15 is 0 Å². The summed E-state index contributed by atoms with van der Waals surface area (Å²) in [6.07, 6.45) is 2.51.